The summed E-state index contributed by atoms with van der Waals surface area (Å²) in [4.78, 5) is 28.5. The second-order valence-electron chi connectivity index (χ2n) is 9.03. The van der Waals surface area contributed by atoms with Crippen LogP contribution in [0.2, 0.25) is 5.02 Å². The number of hydrogen-bond donors (Lipinski definition) is 1. The Morgan fingerprint density at radius 2 is 1.62 bits per heavy atom. The quantitative estimate of drug-likeness (QED) is 0.418. The summed E-state index contributed by atoms with van der Waals surface area (Å²) >= 11 is 6.19. The topological polar surface area (TPSA) is 86.8 Å². The highest BCUT2D eigenvalue weighted by atomic mass is 35.5. The maximum absolute atomic E-state index is 13.9. The fourth-order valence-electron chi connectivity index (χ4n) is 4.14. The second-order valence-corrected chi connectivity index (χ2v) is 11.4. The molecular weight excluding hydrogens is 510 g/mol. The Morgan fingerprint density at radius 1 is 0.946 bits per heavy atom. The van der Waals surface area contributed by atoms with Gasteiger partial charge in [-0.15, -0.1) is 0 Å². The van der Waals surface area contributed by atoms with Gasteiger partial charge in [-0.2, -0.15) is 0 Å². The van der Waals surface area contributed by atoms with Gasteiger partial charge in [0.15, 0.2) is 0 Å². The fourth-order valence-corrected chi connectivity index (χ4v) is 5.25. The van der Waals surface area contributed by atoms with Crippen molar-refractivity contribution >= 4 is 39.1 Å². The lowest BCUT2D eigenvalue weighted by atomic mass is 10.0. The van der Waals surface area contributed by atoms with Gasteiger partial charge in [0.05, 0.1) is 11.9 Å². The summed E-state index contributed by atoms with van der Waals surface area (Å²) in [6, 6.07) is 21.0. The molecule has 37 heavy (non-hydrogen) atoms. The average molecular weight is 542 g/mol. The predicted molar refractivity (Wildman–Crippen MR) is 148 cm³/mol. The third-order valence-corrected chi connectivity index (χ3v) is 7.43. The smallest absolute Gasteiger partial charge is 0.244 e. The molecule has 3 aromatic rings. The Morgan fingerprint density at radius 3 is 2.24 bits per heavy atom. The van der Waals surface area contributed by atoms with Gasteiger partial charge in [0.25, 0.3) is 0 Å². The first-order chi connectivity index (χ1) is 17.5. The Labute approximate surface area is 224 Å². The lowest BCUT2D eigenvalue weighted by Gasteiger charge is -2.33. The van der Waals surface area contributed by atoms with E-state index in [1.54, 1.807) is 31.2 Å². The molecule has 0 saturated carbocycles. The van der Waals surface area contributed by atoms with Crippen LogP contribution in [0.25, 0.3) is 0 Å². The van der Waals surface area contributed by atoms with Gasteiger partial charge >= 0.3 is 0 Å². The number of rotatable bonds is 10. The molecule has 0 bridgehead atoms. The van der Waals surface area contributed by atoms with Crippen LogP contribution in [0.1, 0.15) is 22.3 Å². The van der Waals surface area contributed by atoms with Crippen LogP contribution in [0, 0.1) is 13.8 Å². The molecule has 1 N–H and O–H groups in total. The Balaban J connectivity index is 2.06. The summed E-state index contributed by atoms with van der Waals surface area (Å²) < 4.78 is 26.8. The number of benzene rings is 3. The largest absolute Gasteiger partial charge is 0.357 e. The van der Waals surface area contributed by atoms with Crippen molar-refractivity contribution in [2.24, 2.45) is 0 Å². The standard InChI is InChI=1S/C28H32ClN3O4S/c1-20-13-14-21(2)25(15-20)32(37(4,35)36)19-27(33)31(18-23-11-8-12-24(29)16-23)26(28(34)30-3)17-22-9-6-5-7-10-22/h5-16,26H,17-19H2,1-4H3,(H,30,34). The van der Waals surface area contributed by atoms with Crippen LogP contribution in [-0.2, 0) is 32.6 Å². The number of anilines is 1. The number of hydrogen-bond acceptors (Lipinski definition) is 4. The van der Waals surface area contributed by atoms with Crippen LogP contribution in [0.3, 0.4) is 0 Å². The molecule has 3 rings (SSSR count). The van der Waals surface area contributed by atoms with E-state index < -0.39 is 28.5 Å². The molecule has 0 heterocycles. The van der Waals surface area contributed by atoms with E-state index >= 15 is 0 Å². The van der Waals surface area contributed by atoms with Gasteiger partial charge in [-0.1, -0.05) is 66.2 Å². The zero-order valence-corrected chi connectivity index (χ0v) is 23.0. The summed E-state index contributed by atoms with van der Waals surface area (Å²) in [5.41, 5.74) is 3.61. The van der Waals surface area contributed by atoms with Crippen molar-refractivity contribution < 1.29 is 18.0 Å². The van der Waals surface area contributed by atoms with Crippen molar-refractivity contribution in [3.63, 3.8) is 0 Å². The first-order valence-electron chi connectivity index (χ1n) is 11.8. The second kappa shape index (κ2) is 12.3. The lowest BCUT2D eigenvalue weighted by Crippen LogP contribution is -2.53. The number of likely N-dealkylation sites (N-methyl/N-ethyl adjacent to an activating group) is 1. The number of carbonyl (C=O) groups is 2. The molecule has 196 valence electrons. The summed E-state index contributed by atoms with van der Waals surface area (Å²) in [5.74, 6) is -0.854. The Bertz CT molecular complexity index is 1360. The molecule has 0 saturated heterocycles. The van der Waals surface area contributed by atoms with Crippen molar-refractivity contribution in [1.29, 1.82) is 0 Å². The number of nitrogens with zero attached hydrogens (tertiary/aromatic N) is 2. The maximum Gasteiger partial charge on any atom is 0.244 e. The number of nitrogens with one attached hydrogen (secondary N) is 1. The molecule has 0 aliphatic rings. The predicted octanol–water partition coefficient (Wildman–Crippen LogP) is 4.11. The van der Waals surface area contributed by atoms with E-state index in [9.17, 15) is 18.0 Å². The first-order valence-corrected chi connectivity index (χ1v) is 14.1. The molecule has 1 unspecified atom stereocenters. The highest BCUT2D eigenvalue weighted by Crippen LogP contribution is 2.25. The van der Waals surface area contributed by atoms with Gasteiger partial charge in [0.1, 0.15) is 12.6 Å². The van der Waals surface area contributed by atoms with Crippen LogP contribution in [0.4, 0.5) is 5.69 Å². The van der Waals surface area contributed by atoms with Gasteiger partial charge in [-0.3, -0.25) is 13.9 Å². The van der Waals surface area contributed by atoms with Crippen LogP contribution in [0.15, 0.2) is 72.8 Å². The summed E-state index contributed by atoms with van der Waals surface area (Å²) in [6.07, 6.45) is 1.33. The van der Waals surface area contributed by atoms with Crippen LogP contribution in [0.5, 0.6) is 0 Å². The van der Waals surface area contributed by atoms with Crippen LogP contribution < -0.4 is 9.62 Å². The average Bonchev–Trinajstić information content (AvgIpc) is 2.85. The molecule has 0 aromatic heterocycles. The van der Waals surface area contributed by atoms with E-state index in [0.29, 0.717) is 10.7 Å². The zero-order chi connectivity index (χ0) is 27.2. The van der Waals surface area contributed by atoms with Gasteiger partial charge in [0.2, 0.25) is 21.8 Å². The summed E-state index contributed by atoms with van der Waals surface area (Å²) in [7, 11) is -2.30. The van der Waals surface area contributed by atoms with Gasteiger partial charge in [0, 0.05) is 25.0 Å². The van der Waals surface area contributed by atoms with E-state index in [0.717, 1.165) is 32.8 Å². The first kappa shape index (κ1) is 28.2. The minimum atomic E-state index is -3.81. The highest BCUT2D eigenvalue weighted by Gasteiger charge is 2.33. The molecule has 3 aromatic carbocycles. The molecule has 0 aliphatic heterocycles. The molecule has 1 atom stereocenters. The number of sulfonamides is 1. The van der Waals surface area contributed by atoms with Crippen LogP contribution in [-0.4, -0.2) is 51.0 Å². The van der Waals surface area contributed by atoms with E-state index in [1.807, 2.05) is 55.5 Å². The monoisotopic (exact) mass is 541 g/mol. The molecule has 2 amide bonds. The fraction of sp³-hybridized carbons (Fsp3) is 0.286. The molecule has 7 nitrogen and oxygen atoms in total. The van der Waals surface area contributed by atoms with Crippen molar-refractivity contribution in [1.82, 2.24) is 10.2 Å². The van der Waals surface area contributed by atoms with Gasteiger partial charge in [-0.05, 0) is 54.3 Å². The Kier molecular flexibility index (Phi) is 9.34. The number of carbonyl (C=O) groups excluding carboxylic acids is 2. The third kappa shape index (κ3) is 7.57. The van der Waals surface area contributed by atoms with Gasteiger partial charge < -0.3 is 10.2 Å². The SMILES string of the molecule is CNC(=O)C(Cc1ccccc1)N(Cc1cccc(Cl)c1)C(=O)CN(c1cc(C)ccc1C)S(C)(=O)=O. The number of amides is 2. The van der Waals surface area contributed by atoms with E-state index in [1.165, 1.54) is 11.9 Å². The Hall–Kier alpha value is -3.36. The van der Waals surface area contributed by atoms with Crippen molar-refractivity contribution in [2.75, 3.05) is 24.2 Å². The van der Waals surface area contributed by atoms with E-state index in [-0.39, 0.29) is 18.9 Å². The normalized spacial score (nSPS) is 12.0. The van der Waals surface area contributed by atoms with Crippen molar-refractivity contribution in [2.45, 2.75) is 32.9 Å². The lowest BCUT2D eigenvalue weighted by molar-refractivity contribution is -0.139. The van der Waals surface area contributed by atoms with Crippen LogP contribution >= 0.6 is 11.6 Å². The molecule has 0 radical (unpaired) electrons. The molecular formula is C28H32ClN3O4S. The van der Waals surface area contributed by atoms with Gasteiger partial charge in [-0.25, -0.2) is 8.42 Å². The van der Waals surface area contributed by atoms with Crippen molar-refractivity contribution in [3.05, 3.63) is 100 Å². The zero-order valence-electron chi connectivity index (χ0n) is 21.4. The summed E-state index contributed by atoms with van der Waals surface area (Å²) in [6.45, 7) is 3.28. The number of aryl methyl sites for hydroxylation is 2. The molecule has 9 heteroatoms. The van der Waals surface area contributed by atoms with E-state index in [4.69, 9.17) is 11.6 Å². The molecule has 0 fully saturated rings. The minimum Gasteiger partial charge on any atom is -0.357 e. The van der Waals surface area contributed by atoms with Crippen molar-refractivity contribution in [3.8, 4) is 0 Å². The highest BCUT2D eigenvalue weighted by molar-refractivity contribution is 7.92. The number of halogens is 1. The molecule has 0 aliphatic carbocycles. The summed E-state index contributed by atoms with van der Waals surface area (Å²) in [5, 5.41) is 3.16. The maximum atomic E-state index is 13.9. The van der Waals surface area contributed by atoms with E-state index in [2.05, 4.69) is 5.32 Å². The minimum absolute atomic E-state index is 0.0781. The molecule has 0 spiro atoms. The third-order valence-electron chi connectivity index (χ3n) is 6.07.